The van der Waals surface area contributed by atoms with Crippen molar-refractivity contribution in [3.05, 3.63) is 75.7 Å². The number of anilines is 3. The summed E-state index contributed by atoms with van der Waals surface area (Å²) in [6.07, 6.45) is 1.80. The summed E-state index contributed by atoms with van der Waals surface area (Å²) >= 11 is 6.41. The van der Waals surface area contributed by atoms with Crippen molar-refractivity contribution in [2.24, 2.45) is 4.99 Å². The predicted octanol–water partition coefficient (Wildman–Crippen LogP) is 4.34. The molecule has 3 N–H and O–H groups in total. The summed E-state index contributed by atoms with van der Waals surface area (Å²) in [5, 5.41) is 5.07. The van der Waals surface area contributed by atoms with E-state index in [1.807, 2.05) is 67.4 Å². The summed E-state index contributed by atoms with van der Waals surface area (Å²) in [7, 11) is 1.92. The van der Waals surface area contributed by atoms with Crippen molar-refractivity contribution in [2.75, 3.05) is 29.5 Å². The highest BCUT2D eigenvalue weighted by molar-refractivity contribution is 6.35. The van der Waals surface area contributed by atoms with E-state index < -0.39 is 0 Å². The lowest BCUT2D eigenvalue weighted by molar-refractivity contribution is 0.773. The number of pyridine rings is 1. The van der Waals surface area contributed by atoms with E-state index in [1.54, 1.807) is 16.8 Å². The number of rotatable bonds is 4. The third-order valence-electron chi connectivity index (χ3n) is 5.66. The van der Waals surface area contributed by atoms with Crippen LogP contribution in [0.15, 0.2) is 64.4 Å². The molecule has 0 fully saturated rings. The molecule has 2 aromatic heterocycles. The number of nitrogens with two attached hydrogens (primary N) is 1. The number of hydrogen-bond donors (Lipinski definition) is 2. The second-order valence-corrected chi connectivity index (χ2v) is 8.32. The third kappa shape index (κ3) is 3.68. The summed E-state index contributed by atoms with van der Waals surface area (Å²) in [6, 6.07) is 16.6. The number of aromatic nitrogens is 3. The number of nitrogens with one attached hydrogen (secondary N) is 1. The quantitative estimate of drug-likeness (QED) is 0.470. The highest BCUT2D eigenvalue weighted by Gasteiger charge is 2.23. The second kappa shape index (κ2) is 8.22. The van der Waals surface area contributed by atoms with Gasteiger partial charge >= 0.3 is 0 Å². The minimum absolute atomic E-state index is 0.151. The van der Waals surface area contributed by atoms with E-state index in [-0.39, 0.29) is 17.5 Å². The van der Waals surface area contributed by atoms with Gasteiger partial charge in [0.2, 0.25) is 5.95 Å². The van der Waals surface area contributed by atoms with Gasteiger partial charge in [0, 0.05) is 24.6 Å². The van der Waals surface area contributed by atoms with Crippen molar-refractivity contribution in [1.29, 1.82) is 0 Å². The molecule has 5 rings (SSSR count). The lowest BCUT2D eigenvalue weighted by Gasteiger charge is -2.25. The molecule has 0 unspecified atom stereocenters. The molecule has 0 amide bonds. The maximum Gasteiger partial charge on any atom is 0.264 e. The Hall–Kier alpha value is -3.91. The van der Waals surface area contributed by atoms with Gasteiger partial charge in [-0.05, 0) is 36.6 Å². The zero-order valence-corrected chi connectivity index (χ0v) is 18.9. The van der Waals surface area contributed by atoms with Crippen LogP contribution in [0.4, 0.5) is 23.3 Å². The molecule has 0 spiro atoms. The first kappa shape index (κ1) is 21.0. The number of hydrogen-bond acceptors (Lipinski definition) is 7. The first-order valence-corrected chi connectivity index (χ1v) is 10.9. The Balaban J connectivity index is 1.68. The molecule has 1 aliphatic rings. The normalized spacial score (nSPS) is 13.7. The first-order chi connectivity index (χ1) is 15.9. The molecule has 4 aromatic rings. The van der Waals surface area contributed by atoms with Crippen LogP contribution in [0, 0.1) is 0 Å². The molecule has 1 aliphatic heterocycles. The van der Waals surface area contributed by atoms with E-state index in [0.717, 1.165) is 16.8 Å². The molecule has 0 saturated heterocycles. The fourth-order valence-electron chi connectivity index (χ4n) is 4.07. The number of nitrogens with zero attached hydrogens (tertiary/aromatic N) is 5. The summed E-state index contributed by atoms with van der Waals surface area (Å²) in [5.41, 5.74) is 7.91. The van der Waals surface area contributed by atoms with Crippen LogP contribution in [0.25, 0.3) is 16.5 Å². The summed E-state index contributed by atoms with van der Waals surface area (Å²) in [4.78, 5) is 28.8. The SMILES string of the molecule is C[C@H](Nc1nc(N)nc2c1N=CCN2C)c1cc2cccc(Cl)c2c(=O)n1-c1ccccc1. The van der Waals surface area contributed by atoms with Gasteiger partial charge in [-0.3, -0.25) is 14.4 Å². The summed E-state index contributed by atoms with van der Waals surface area (Å²) in [5.74, 6) is 1.31. The fourth-order valence-corrected chi connectivity index (χ4v) is 4.33. The van der Waals surface area contributed by atoms with E-state index in [2.05, 4.69) is 20.3 Å². The topological polar surface area (TPSA) is 101 Å². The molecule has 33 heavy (non-hydrogen) atoms. The van der Waals surface area contributed by atoms with Crippen LogP contribution in [0.5, 0.6) is 0 Å². The highest BCUT2D eigenvalue weighted by atomic mass is 35.5. The molecule has 1 atom stereocenters. The minimum Gasteiger partial charge on any atom is -0.368 e. The Kier molecular flexibility index (Phi) is 5.22. The fraction of sp³-hybridized carbons (Fsp3) is 0.167. The van der Waals surface area contributed by atoms with E-state index >= 15 is 0 Å². The molecule has 0 radical (unpaired) electrons. The monoisotopic (exact) mass is 459 g/mol. The van der Waals surface area contributed by atoms with Gasteiger partial charge in [-0.25, -0.2) is 0 Å². The molecule has 0 saturated carbocycles. The van der Waals surface area contributed by atoms with Gasteiger partial charge in [0.25, 0.3) is 5.56 Å². The number of aliphatic imine (C=N–C) groups is 1. The molecule has 0 aliphatic carbocycles. The van der Waals surface area contributed by atoms with Gasteiger partial charge in [0.1, 0.15) is 5.69 Å². The van der Waals surface area contributed by atoms with Gasteiger partial charge in [0.15, 0.2) is 11.6 Å². The largest absolute Gasteiger partial charge is 0.368 e. The Morgan fingerprint density at radius 3 is 2.70 bits per heavy atom. The standard InChI is InChI=1S/C24H22ClN7O/c1-14(28-21-20-22(30-24(26)29-21)31(2)12-11-27-20)18-13-15-7-6-10-17(25)19(15)23(33)32(18)16-8-4-3-5-9-16/h3-11,13-14H,12H2,1-2H3,(H3,26,28,29,30)/t14-/m0/s1. The van der Waals surface area contributed by atoms with E-state index in [4.69, 9.17) is 17.3 Å². The third-order valence-corrected chi connectivity index (χ3v) is 5.97. The van der Waals surface area contributed by atoms with Gasteiger partial charge in [-0.2, -0.15) is 9.97 Å². The van der Waals surface area contributed by atoms with Crippen LogP contribution in [0.2, 0.25) is 5.02 Å². The van der Waals surface area contributed by atoms with Crippen LogP contribution >= 0.6 is 11.6 Å². The van der Waals surface area contributed by atoms with Crippen molar-refractivity contribution in [1.82, 2.24) is 14.5 Å². The lowest BCUT2D eigenvalue weighted by atomic mass is 10.1. The van der Waals surface area contributed by atoms with Crippen LogP contribution in [0.3, 0.4) is 0 Å². The molecular formula is C24H22ClN7O. The van der Waals surface area contributed by atoms with Crippen molar-refractivity contribution in [2.45, 2.75) is 13.0 Å². The van der Waals surface area contributed by atoms with Crippen LogP contribution < -0.4 is 21.5 Å². The molecule has 166 valence electrons. The van der Waals surface area contributed by atoms with E-state index in [0.29, 0.717) is 34.3 Å². The molecule has 2 aromatic carbocycles. The zero-order chi connectivity index (χ0) is 23.1. The smallest absolute Gasteiger partial charge is 0.264 e. The van der Waals surface area contributed by atoms with Gasteiger partial charge < -0.3 is 16.0 Å². The Labute approximate surface area is 195 Å². The minimum atomic E-state index is -0.317. The summed E-state index contributed by atoms with van der Waals surface area (Å²) in [6.45, 7) is 2.60. The predicted molar refractivity (Wildman–Crippen MR) is 134 cm³/mol. The van der Waals surface area contributed by atoms with Gasteiger partial charge in [-0.15, -0.1) is 0 Å². The van der Waals surface area contributed by atoms with Crippen LogP contribution in [-0.2, 0) is 0 Å². The second-order valence-electron chi connectivity index (χ2n) is 7.91. The van der Waals surface area contributed by atoms with Crippen molar-refractivity contribution in [3.8, 4) is 5.69 Å². The van der Waals surface area contributed by atoms with Crippen molar-refractivity contribution >= 4 is 51.9 Å². The summed E-state index contributed by atoms with van der Waals surface area (Å²) < 4.78 is 1.68. The molecule has 9 heteroatoms. The zero-order valence-electron chi connectivity index (χ0n) is 18.2. The van der Waals surface area contributed by atoms with Gasteiger partial charge in [-0.1, -0.05) is 41.9 Å². The highest BCUT2D eigenvalue weighted by Crippen LogP contribution is 2.37. The molecular weight excluding hydrogens is 438 g/mol. The molecule has 0 bridgehead atoms. The molecule has 3 heterocycles. The Morgan fingerprint density at radius 2 is 1.91 bits per heavy atom. The van der Waals surface area contributed by atoms with E-state index in [1.165, 1.54) is 0 Å². The lowest BCUT2D eigenvalue weighted by Crippen LogP contribution is -2.27. The average Bonchev–Trinajstić information content (AvgIpc) is 2.80. The van der Waals surface area contributed by atoms with E-state index in [9.17, 15) is 4.79 Å². The first-order valence-electron chi connectivity index (χ1n) is 10.5. The number of fused-ring (bicyclic) bond motifs is 2. The average molecular weight is 460 g/mol. The number of para-hydroxylation sites is 1. The number of benzene rings is 2. The van der Waals surface area contributed by atoms with Crippen molar-refractivity contribution < 1.29 is 0 Å². The van der Waals surface area contributed by atoms with Crippen LogP contribution in [0.1, 0.15) is 18.7 Å². The molecule has 8 nitrogen and oxygen atoms in total. The maximum atomic E-state index is 13.6. The van der Waals surface area contributed by atoms with Gasteiger partial charge in [0.05, 0.1) is 23.0 Å². The maximum absolute atomic E-state index is 13.6. The number of halogens is 1. The Bertz CT molecular complexity index is 1450. The Morgan fingerprint density at radius 1 is 1.12 bits per heavy atom. The van der Waals surface area contributed by atoms with Crippen LogP contribution in [-0.4, -0.2) is 34.3 Å². The number of nitrogen functional groups attached to an aromatic ring is 1. The van der Waals surface area contributed by atoms with Crippen molar-refractivity contribution in [3.63, 3.8) is 0 Å².